The Bertz CT molecular complexity index is 637. The first-order chi connectivity index (χ1) is 9.62. The highest BCUT2D eigenvalue weighted by atomic mass is 32.2. The largest absolute Gasteiger partial charge is 0.478 e. The van der Waals surface area contributed by atoms with Crippen LogP contribution in [0, 0.1) is 0 Å². The molecule has 106 valence electrons. The number of aromatic nitrogens is 3. The van der Waals surface area contributed by atoms with Gasteiger partial charge in [0.25, 0.3) is 0 Å². The Morgan fingerprint density at radius 1 is 1.35 bits per heavy atom. The normalized spacial score (nSPS) is 10.8. The van der Waals surface area contributed by atoms with Crippen molar-refractivity contribution in [3.8, 4) is 5.69 Å². The molecule has 0 saturated heterocycles. The van der Waals surface area contributed by atoms with Crippen molar-refractivity contribution in [3.05, 3.63) is 35.4 Å². The van der Waals surface area contributed by atoms with Crippen LogP contribution in [0.2, 0.25) is 0 Å². The van der Waals surface area contributed by atoms with Crippen molar-refractivity contribution in [2.24, 2.45) is 0 Å². The molecule has 1 N–H and O–H groups in total. The van der Waals surface area contributed by atoms with Crippen LogP contribution in [-0.2, 0) is 12.8 Å². The summed E-state index contributed by atoms with van der Waals surface area (Å²) >= 11 is 1.42. The first-order valence-corrected chi connectivity index (χ1v) is 7.70. The number of thioether (sulfide) groups is 1. The second kappa shape index (κ2) is 6.09. The molecule has 5 nitrogen and oxygen atoms in total. The highest BCUT2D eigenvalue weighted by molar-refractivity contribution is 7.98. The highest BCUT2D eigenvalue weighted by Crippen LogP contribution is 2.26. The van der Waals surface area contributed by atoms with E-state index in [2.05, 4.69) is 10.1 Å². The minimum absolute atomic E-state index is 0.280. The van der Waals surface area contributed by atoms with Crippen LogP contribution in [0.3, 0.4) is 0 Å². The number of benzene rings is 1. The Balaban J connectivity index is 2.69. The Kier molecular flexibility index (Phi) is 4.44. The van der Waals surface area contributed by atoms with Gasteiger partial charge in [0.05, 0.1) is 11.3 Å². The van der Waals surface area contributed by atoms with Gasteiger partial charge in [0.15, 0.2) is 5.82 Å². The van der Waals surface area contributed by atoms with Gasteiger partial charge < -0.3 is 5.11 Å². The lowest BCUT2D eigenvalue weighted by molar-refractivity contribution is 0.0693. The van der Waals surface area contributed by atoms with Crippen LogP contribution in [0.15, 0.2) is 23.1 Å². The van der Waals surface area contributed by atoms with Crippen molar-refractivity contribution in [1.29, 1.82) is 0 Å². The Hall–Kier alpha value is -1.82. The van der Waals surface area contributed by atoms with E-state index < -0.39 is 5.97 Å². The van der Waals surface area contributed by atoms with Crippen LogP contribution >= 0.6 is 11.8 Å². The molecule has 0 amide bonds. The number of carboxylic acids is 1. The van der Waals surface area contributed by atoms with Crippen LogP contribution < -0.4 is 0 Å². The third kappa shape index (κ3) is 2.56. The fourth-order valence-corrected chi connectivity index (χ4v) is 2.66. The van der Waals surface area contributed by atoms with E-state index in [4.69, 9.17) is 0 Å². The van der Waals surface area contributed by atoms with Crippen LogP contribution in [0.1, 0.15) is 35.9 Å². The van der Waals surface area contributed by atoms with Gasteiger partial charge in [0.1, 0.15) is 5.82 Å². The molecule has 0 unspecified atom stereocenters. The van der Waals surface area contributed by atoms with E-state index in [1.165, 1.54) is 11.8 Å². The van der Waals surface area contributed by atoms with E-state index in [1.54, 1.807) is 16.8 Å². The van der Waals surface area contributed by atoms with Gasteiger partial charge in [-0.25, -0.2) is 14.5 Å². The quantitative estimate of drug-likeness (QED) is 0.858. The third-order valence-corrected chi connectivity index (χ3v) is 3.80. The number of aromatic carboxylic acids is 1. The number of nitrogens with zero attached hydrogens (tertiary/aromatic N) is 3. The SMILES string of the molecule is CCc1nc(CC)n(-c2cccc(SC)c2C(=O)O)n1. The van der Waals surface area contributed by atoms with Crippen molar-refractivity contribution in [2.75, 3.05) is 6.26 Å². The van der Waals surface area contributed by atoms with Crippen LogP contribution in [0.4, 0.5) is 0 Å². The predicted molar refractivity (Wildman–Crippen MR) is 78.9 cm³/mol. The Morgan fingerprint density at radius 2 is 2.10 bits per heavy atom. The summed E-state index contributed by atoms with van der Waals surface area (Å²) in [5.41, 5.74) is 0.857. The van der Waals surface area contributed by atoms with Crippen LogP contribution in [-0.4, -0.2) is 32.1 Å². The average molecular weight is 291 g/mol. The molecule has 1 aromatic heterocycles. The maximum atomic E-state index is 11.6. The maximum Gasteiger partial charge on any atom is 0.339 e. The lowest BCUT2D eigenvalue weighted by Gasteiger charge is -2.11. The van der Waals surface area contributed by atoms with Gasteiger partial charge in [0, 0.05) is 17.7 Å². The van der Waals surface area contributed by atoms with Gasteiger partial charge in [-0.05, 0) is 18.4 Å². The standard InChI is InChI=1S/C14H17N3O2S/c1-4-11-15-12(5-2)17(16-11)9-7-6-8-10(20-3)13(9)14(18)19/h6-8H,4-5H2,1-3H3,(H,18,19). The first-order valence-electron chi connectivity index (χ1n) is 6.47. The topological polar surface area (TPSA) is 68.0 Å². The summed E-state index contributed by atoms with van der Waals surface area (Å²) < 4.78 is 1.65. The lowest BCUT2D eigenvalue weighted by atomic mass is 10.1. The van der Waals surface area contributed by atoms with Gasteiger partial charge in [-0.3, -0.25) is 0 Å². The molecule has 1 heterocycles. The minimum Gasteiger partial charge on any atom is -0.478 e. The first kappa shape index (κ1) is 14.6. The molecule has 0 atom stereocenters. The molecule has 0 bridgehead atoms. The molecule has 20 heavy (non-hydrogen) atoms. The zero-order valence-electron chi connectivity index (χ0n) is 11.8. The summed E-state index contributed by atoms with van der Waals surface area (Å²) in [6.45, 7) is 3.97. The van der Waals surface area contributed by atoms with Crippen molar-refractivity contribution >= 4 is 17.7 Å². The molecule has 2 aromatic rings. The Morgan fingerprint density at radius 3 is 2.65 bits per heavy atom. The summed E-state index contributed by atoms with van der Waals surface area (Å²) in [6.07, 6.45) is 3.30. The highest BCUT2D eigenvalue weighted by Gasteiger charge is 2.19. The molecule has 6 heteroatoms. The van der Waals surface area contributed by atoms with Gasteiger partial charge in [-0.1, -0.05) is 19.9 Å². The van der Waals surface area contributed by atoms with Gasteiger partial charge in [-0.2, -0.15) is 5.10 Å². The molecule has 2 rings (SSSR count). The second-order valence-corrected chi connectivity index (χ2v) is 5.07. The summed E-state index contributed by atoms with van der Waals surface area (Å²) in [5.74, 6) is 0.566. The van der Waals surface area contributed by atoms with E-state index in [1.807, 2.05) is 26.2 Å². The zero-order valence-corrected chi connectivity index (χ0v) is 12.6. The third-order valence-electron chi connectivity index (χ3n) is 3.02. The van der Waals surface area contributed by atoms with E-state index in [0.29, 0.717) is 12.1 Å². The fraction of sp³-hybridized carbons (Fsp3) is 0.357. The zero-order chi connectivity index (χ0) is 14.7. The smallest absolute Gasteiger partial charge is 0.339 e. The molecular weight excluding hydrogens is 274 g/mol. The number of carboxylic acid groups (broad SMARTS) is 1. The number of carbonyl (C=O) groups is 1. The molecule has 0 radical (unpaired) electrons. The molecule has 1 aromatic carbocycles. The maximum absolute atomic E-state index is 11.6. The number of hydrogen-bond acceptors (Lipinski definition) is 4. The number of aryl methyl sites for hydroxylation is 2. The molecule has 0 spiro atoms. The molecule has 0 aliphatic heterocycles. The molecule has 0 aliphatic carbocycles. The van der Waals surface area contributed by atoms with Crippen LogP contribution in [0.25, 0.3) is 5.69 Å². The Labute approximate surface area is 122 Å². The van der Waals surface area contributed by atoms with E-state index in [0.717, 1.165) is 23.0 Å². The second-order valence-electron chi connectivity index (χ2n) is 4.22. The van der Waals surface area contributed by atoms with Crippen molar-refractivity contribution in [3.63, 3.8) is 0 Å². The van der Waals surface area contributed by atoms with Crippen molar-refractivity contribution in [1.82, 2.24) is 14.8 Å². The lowest BCUT2D eigenvalue weighted by Crippen LogP contribution is -2.10. The minimum atomic E-state index is -0.944. The van der Waals surface area contributed by atoms with Gasteiger partial charge in [0.2, 0.25) is 0 Å². The average Bonchev–Trinajstić information content (AvgIpc) is 2.89. The fourth-order valence-electron chi connectivity index (χ4n) is 2.04. The number of rotatable bonds is 5. The van der Waals surface area contributed by atoms with E-state index in [-0.39, 0.29) is 5.56 Å². The van der Waals surface area contributed by atoms with Crippen LogP contribution in [0.5, 0.6) is 0 Å². The van der Waals surface area contributed by atoms with Crippen molar-refractivity contribution in [2.45, 2.75) is 31.6 Å². The number of hydrogen-bond donors (Lipinski definition) is 1. The summed E-state index contributed by atoms with van der Waals surface area (Å²) in [7, 11) is 0. The van der Waals surface area contributed by atoms with E-state index >= 15 is 0 Å². The van der Waals surface area contributed by atoms with Crippen molar-refractivity contribution < 1.29 is 9.90 Å². The molecule has 0 fully saturated rings. The van der Waals surface area contributed by atoms with Gasteiger partial charge in [-0.15, -0.1) is 11.8 Å². The summed E-state index contributed by atoms with van der Waals surface area (Å²) in [6, 6.07) is 5.43. The summed E-state index contributed by atoms with van der Waals surface area (Å²) in [4.78, 5) is 16.7. The summed E-state index contributed by atoms with van der Waals surface area (Å²) in [5, 5.41) is 13.9. The van der Waals surface area contributed by atoms with Gasteiger partial charge >= 0.3 is 5.97 Å². The predicted octanol–water partition coefficient (Wildman–Crippen LogP) is 2.81. The molecule has 0 saturated carbocycles. The molecular formula is C14H17N3O2S. The van der Waals surface area contributed by atoms with E-state index in [9.17, 15) is 9.90 Å². The molecule has 0 aliphatic rings. The monoisotopic (exact) mass is 291 g/mol.